The van der Waals surface area contributed by atoms with Crippen LogP contribution in [0, 0.1) is 5.82 Å². The second-order valence-electron chi connectivity index (χ2n) is 6.71. The SMILES string of the molecule is NCC(N)(c1ccc(F)cc1)c1cc(-c2ccc3c(C(F)(F)F)noc3c2)ncn1. The molecule has 0 radical (unpaired) electrons. The average molecular weight is 417 g/mol. The third-order valence-corrected chi connectivity index (χ3v) is 4.84. The summed E-state index contributed by atoms with van der Waals surface area (Å²) in [6, 6.07) is 11.3. The maximum atomic E-state index is 13.3. The van der Waals surface area contributed by atoms with Crippen LogP contribution in [0.15, 0.2) is 59.4 Å². The van der Waals surface area contributed by atoms with E-state index in [-0.39, 0.29) is 17.5 Å². The topological polar surface area (TPSA) is 104 Å². The number of aromatic nitrogens is 3. The van der Waals surface area contributed by atoms with Gasteiger partial charge in [0.1, 0.15) is 12.1 Å². The quantitative estimate of drug-likeness (QED) is 0.492. The fourth-order valence-electron chi connectivity index (χ4n) is 3.18. The predicted molar refractivity (Wildman–Crippen MR) is 100 cm³/mol. The Balaban J connectivity index is 1.77. The van der Waals surface area contributed by atoms with Crippen molar-refractivity contribution in [1.29, 1.82) is 0 Å². The van der Waals surface area contributed by atoms with Gasteiger partial charge in [-0.2, -0.15) is 13.2 Å². The Hall–Kier alpha value is -3.37. The van der Waals surface area contributed by atoms with Crippen molar-refractivity contribution >= 4 is 11.0 Å². The van der Waals surface area contributed by atoms with Gasteiger partial charge < -0.3 is 16.0 Å². The number of nitrogens with two attached hydrogens (primary N) is 2. The Morgan fingerprint density at radius 1 is 0.967 bits per heavy atom. The van der Waals surface area contributed by atoms with Gasteiger partial charge in [-0.05, 0) is 35.9 Å². The van der Waals surface area contributed by atoms with Crippen LogP contribution >= 0.6 is 0 Å². The fraction of sp³-hybridized carbons (Fsp3) is 0.150. The van der Waals surface area contributed by atoms with Crippen LogP contribution < -0.4 is 11.5 Å². The van der Waals surface area contributed by atoms with E-state index in [9.17, 15) is 17.6 Å². The number of rotatable bonds is 4. The second kappa shape index (κ2) is 7.15. The highest BCUT2D eigenvalue weighted by Gasteiger charge is 2.37. The first-order valence-electron chi connectivity index (χ1n) is 8.77. The summed E-state index contributed by atoms with van der Waals surface area (Å²) in [7, 11) is 0. The zero-order valence-corrected chi connectivity index (χ0v) is 15.3. The maximum absolute atomic E-state index is 13.3. The molecular weight excluding hydrogens is 402 g/mol. The van der Waals surface area contributed by atoms with Gasteiger partial charge in [-0.3, -0.25) is 0 Å². The molecule has 4 N–H and O–H groups in total. The second-order valence-corrected chi connectivity index (χ2v) is 6.71. The number of nitrogens with zero attached hydrogens (tertiary/aromatic N) is 3. The number of fused-ring (bicyclic) bond motifs is 1. The van der Waals surface area contributed by atoms with Crippen LogP contribution in [0.25, 0.3) is 22.2 Å². The van der Waals surface area contributed by atoms with E-state index in [1.807, 2.05) is 0 Å². The third-order valence-electron chi connectivity index (χ3n) is 4.84. The molecule has 0 bridgehead atoms. The van der Waals surface area contributed by atoms with Gasteiger partial charge in [0, 0.05) is 12.1 Å². The van der Waals surface area contributed by atoms with Crippen molar-refractivity contribution in [3.8, 4) is 11.3 Å². The molecule has 154 valence electrons. The van der Waals surface area contributed by atoms with Gasteiger partial charge in [0.15, 0.2) is 11.3 Å². The van der Waals surface area contributed by atoms with Crippen LogP contribution in [0.4, 0.5) is 17.6 Å². The van der Waals surface area contributed by atoms with Crippen LogP contribution in [-0.2, 0) is 11.7 Å². The lowest BCUT2D eigenvalue weighted by Gasteiger charge is -2.28. The van der Waals surface area contributed by atoms with Gasteiger partial charge in [-0.25, -0.2) is 14.4 Å². The molecule has 1 unspecified atom stereocenters. The Morgan fingerprint density at radius 3 is 2.37 bits per heavy atom. The molecule has 0 saturated carbocycles. The summed E-state index contributed by atoms with van der Waals surface area (Å²) in [5, 5.41) is 2.97. The third kappa shape index (κ3) is 3.40. The molecule has 10 heteroatoms. The molecule has 4 rings (SSSR count). The average Bonchev–Trinajstić information content (AvgIpc) is 3.17. The monoisotopic (exact) mass is 417 g/mol. The van der Waals surface area contributed by atoms with Crippen LogP contribution in [0.3, 0.4) is 0 Å². The molecule has 6 nitrogen and oxygen atoms in total. The van der Waals surface area contributed by atoms with Crippen molar-refractivity contribution in [2.45, 2.75) is 11.7 Å². The van der Waals surface area contributed by atoms with Crippen LogP contribution in [0.1, 0.15) is 17.0 Å². The van der Waals surface area contributed by atoms with Crippen molar-refractivity contribution in [1.82, 2.24) is 15.1 Å². The minimum atomic E-state index is -4.62. The van der Waals surface area contributed by atoms with E-state index in [4.69, 9.17) is 16.0 Å². The zero-order chi connectivity index (χ0) is 21.5. The highest BCUT2D eigenvalue weighted by Crippen LogP contribution is 2.35. The summed E-state index contributed by atoms with van der Waals surface area (Å²) in [5.41, 5.74) is 11.9. The number of halogens is 4. The van der Waals surface area contributed by atoms with E-state index in [0.29, 0.717) is 22.5 Å². The van der Waals surface area contributed by atoms with E-state index in [2.05, 4.69) is 15.1 Å². The highest BCUT2D eigenvalue weighted by molar-refractivity contribution is 5.84. The van der Waals surface area contributed by atoms with Crippen molar-refractivity contribution in [2.75, 3.05) is 6.54 Å². The van der Waals surface area contributed by atoms with Gasteiger partial charge in [0.2, 0.25) is 0 Å². The van der Waals surface area contributed by atoms with E-state index < -0.39 is 23.2 Å². The van der Waals surface area contributed by atoms with Gasteiger partial charge >= 0.3 is 6.18 Å². The van der Waals surface area contributed by atoms with E-state index in [1.165, 1.54) is 48.8 Å². The van der Waals surface area contributed by atoms with Crippen molar-refractivity contribution in [2.24, 2.45) is 11.5 Å². The van der Waals surface area contributed by atoms with Crippen LogP contribution in [0.2, 0.25) is 0 Å². The molecule has 0 amide bonds. The number of hydrogen-bond acceptors (Lipinski definition) is 6. The van der Waals surface area contributed by atoms with E-state index >= 15 is 0 Å². The minimum Gasteiger partial charge on any atom is -0.356 e. The Morgan fingerprint density at radius 2 is 1.70 bits per heavy atom. The molecule has 30 heavy (non-hydrogen) atoms. The Labute approximate surface area is 167 Å². The first-order chi connectivity index (χ1) is 14.2. The molecule has 0 aliphatic carbocycles. The molecule has 2 aromatic heterocycles. The summed E-state index contributed by atoms with van der Waals surface area (Å²) in [6.07, 6.45) is -3.35. The van der Waals surface area contributed by atoms with Crippen molar-refractivity contribution in [3.05, 3.63) is 77.6 Å². The Kier molecular flexibility index (Phi) is 4.75. The van der Waals surface area contributed by atoms with E-state index in [1.54, 1.807) is 6.07 Å². The lowest BCUT2D eigenvalue weighted by molar-refractivity contribution is -0.141. The number of alkyl halides is 3. The number of benzene rings is 2. The van der Waals surface area contributed by atoms with Crippen LogP contribution in [0.5, 0.6) is 0 Å². The molecule has 0 spiro atoms. The van der Waals surface area contributed by atoms with E-state index in [0.717, 1.165) is 0 Å². The van der Waals surface area contributed by atoms with Gasteiger partial charge in [0.05, 0.1) is 22.3 Å². The largest absolute Gasteiger partial charge is 0.437 e. The molecule has 2 aromatic carbocycles. The summed E-state index contributed by atoms with van der Waals surface area (Å²) in [6.45, 7) is -0.0227. The molecule has 0 aliphatic rings. The van der Waals surface area contributed by atoms with Gasteiger partial charge in [-0.15, -0.1) is 0 Å². The molecule has 0 fully saturated rings. The Bertz CT molecular complexity index is 1210. The van der Waals surface area contributed by atoms with Gasteiger partial charge in [-0.1, -0.05) is 23.4 Å². The lowest BCUT2D eigenvalue weighted by atomic mass is 9.87. The normalized spacial score (nSPS) is 14.1. The summed E-state index contributed by atoms with van der Waals surface area (Å²) >= 11 is 0. The standard InChI is InChI=1S/C20H15F4N5O/c21-13-4-2-12(3-5-13)19(26,9-25)17-8-15(27-10-28-17)11-1-6-14-16(7-11)30-29-18(14)20(22,23)24/h1-8,10H,9,25-26H2. The molecule has 2 heterocycles. The van der Waals surface area contributed by atoms with Crippen LogP contribution in [-0.4, -0.2) is 21.7 Å². The zero-order valence-electron chi connectivity index (χ0n) is 15.3. The summed E-state index contributed by atoms with van der Waals surface area (Å²) in [5.74, 6) is -0.417. The smallest absolute Gasteiger partial charge is 0.356 e. The predicted octanol–water partition coefficient (Wildman–Crippen LogP) is 3.60. The minimum absolute atomic E-state index is 0.0227. The molecule has 0 saturated heterocycles. The van der Waals surface area contributed by atoms with Crippen molar-refractivity contribution in [3.63, 3.8) is 0 Å². The fourth-order valence-corrected chi connectivity index (χ4v) is 3.18. The molecule has 0 aliphatic heterocycles. The highest BCUT2D eigenvalue weighted by atomic mass is 19.4. The summed E-state index contributed by atoms with van der Waals surface area (Å²) in [4.78, 5) is 8.39. The maximum Gasteiger partial charge on any atom is 0.437 e. The number of hydrogen-bond donors (Lipinski definition) is 2. The summed E-state index contributed by atoms with van der Waals surface area (Å²) < 4.78 is 57.1. The first-order valence-corrected chi connectivity index (χ1v) is 8.77. The van der Waals surface area contributed by atoms with Crippen molar-refractivity contribution < 1.29 is 22.1 Å². The first kappa shape index (κ1) is 19.9. The molecular formula is C20H15F4N5O. The lowest BCUT2D eigenvalue weighted by Crippen LogP contribution is -2.45. The van der Waals surface area contributed by atoms with Gasteiger partial charge in [0.25, 0.3) is 0 Å². The molecule has 1 atom stereocenters. The molecule has 4 aromatic rings.